The lowest BCUT2D eigenvalue weighted by molar-refractivity contribution is -0.143. The summed E-state index contributed by atoms with van der Waals surface area (Å²) in [6, 6.07) is -0.0664. The minimum absolute atomic E-state index is 0.0151. The van der Waals surface area contributed by atoms with E-state index in [1.165, 1.54) is 18.6 Å². The maximum atomic E-state index is 12.3. The first-order valence-corrected chi connectivity index (χ1v) is 12.7. The van der Waals surface area contributed by atoms with Crippen molar-refractivity contribution in [3.05, 3.63) is 36.0 Å². The van der Waals surface area contributed by atoms with Crippen LogP contribution in [-0.4, -0.2) is 67.2 Å². The van der Waals surface area contributed by atoms with Crippen molar-refractivity contribution < 1.29 is 28.5 Å². The van der Waals surface area contributed by atoms with Crippen molar-refractivity contribution in [3.63, 3.8) is 0 Å². The van der Waals surface area contributed by atoms with E-state index in [4.69, 9.17) is 24.7 Å². The van der Waals surface area contributed by atoms with Gasteiger partial charge in [0.15, 0.2) is 0 Å². The molecule has 3 fully saturated rings. The number of epoxide rings is 1. The molecule has 8 nitrogen and oxygen atoms in total. The molecule has 0 unspecified atom stereocenters. The molecule has 3 rings (SSSR count). The van der Waals surface area contributed by atoms with Gasteiger partial charge in [-0.1, -0.05) is 30.7 Å². The van der Waals surface area contributed by atoms with Crippen LogP contribution in [0.15, 0.2) is 36.0 Å². The summed E-state index contributed by atoms with van der Waals surface area (Å²) in [6.07, 6.45) is 12.5. The van der Waals surface area contributed by atoms with E-state index in [1.54, 1.807) is 13.0 Å². The van der Waals surface area contributed by atoms with Crippen LogP contribution >= 0.6 is 0 Å². The molecule has 0 aromatic heterocycles. The van der Waals surface area contributed by atoms with Crippen LogP contribution in [0.25, 0.3) is 0 Å². The van der Waals surface area contributed by atoms with Gasteiger partial charge in [-0.05, 0) is 45.6 Å². The molecule has 0 aromatic carbocycles. The molecule has 0 saturated carbocycles. The van der Waals surface area contributed by atoms with E-state index in [-0.39, 0.29) is 47.9 Å². The van der Waals surface area contributed by atoms with Gasteiger partial charge in [0.1, 0.15) is 6.10 Å². The van der Waals surface area contributed by atoms with Crippen molar-refractivity contribution in [2.45, 2.75) is 102 Å². The minimum Gasteiger partial charge on any atom is -0.459 e. The first-order valence-electron chi connectivity index (χ1n) is 12.7. The van der Waals surface area contributed by atoms with Crippen LogP contribution in [0.4, 0.5) is 0 Å². The predicted octanol–water partition coefficient (Wildman–Crippen LogP) is 2.96. The van der Waals surface area contributed by atoms with Crippen LogP contribution in [0.2, 0.25) is 0 Å². The van der Waals surface area contributed by atoms with Gasteiger partial charge in [0.25, 0.3) is 0 Å². The number of nitrogens with one attached hydrogen (secondary N) is 1. The van der Waals surface area contributed by atoms with Gasteiger partial charge in [0, 0.05) is 32.4 Å². The van der Waals surface area contributed by atoms with Crippen LogP contribution in [-0.2, 0) is 28.5 Å². The van der Waals surface area contributed by atoms with E-state index in [1.807, 2.05) is 6.92 Å². The predicted molar refractivity (Wildman–Crippen MR) is 134 cm³/mol. The molecule has 1 spiro atoms. The highest BCUT2D eigenvalue weighted by molar-refractivity contribution is 5.87. The van der Waals surface area contributed by atoms with Crippen molar-refractivity contribution in [2.24, 2.45) is 11.7 Å². The summed E-state index contributed by atoms with van der Waals surface area (Å²) in [5.41, 5.74) is 6.98. The number of carbonyl (C=O) groups is 2. The normalized spacial score (nSPS) is 36.5. The first kappa shape index (κ1) is 27.6. The third-order valence-electron chi connectivity index (χ3n) is 7.02. The second-order valence-electron chi connectivity index (χ2n) is 10.3. The Bertz CT molecular complexity index is 834. The van der Waals surface area contributed by atoms with Crippen molar-refractivity contribution in [1.82, 2.24) is 5.32 Å². The molecule has 196 valence electrons. The summed E-state index contributed by atoms with van der Waals surface area (Å²) in [5, 5.41) is 3.02. The Morgan fingerprint density at radius 2 is 1.94 bits per heavy atom. The number of carbonyl (C=O) groups excluding carboxylic acids is 2. The highest BCUT2D eigenvalue weighted by atomic mass is 16.6. The zero-order valence-electron chi connectivity index (χ0n) is 21.7. The summed E-state index contributed by atoms with van der Waals surface area (Å²) >= 11 is 0. The van der Waals surface area contributed by atoms with Gasteiger partial charge in [-0.2, -0.15) is 0 Å². The highest BCUT2D eigenvalue weighted by Crippen LogP contribution is 2.42. The average molecular weight is 491 g/mol. The molecule has 1 amide bonds. The van der Waals surface area contributed by atoms with Gasteiger partial charge < -0.3 is 30.0 Å². The second-order valence-corrected chi connectivity index (χ2v) is 10.3. The zero-order chi connectivity index (χ0) is 25.6. The Labute approximate surface area is 209 Å². The van der Waals surface area contributed by atoms with Crippen molar-refractivity contribution >= 4 is 11.9 Å². The van der Waals surface area contributed by atoms with Crippen LogP contribution in [0.3, 0.4) is 0 Å². The largest absolute Gasteiger partial charge is 0.459 e. The number of rotatable bonds is 9. The van der Waals surface area contributed by atoms with Gasteiger partial charge in [0.2, 0.25) is 5.91 Å². The lowest BCUT2D eigenvalue weighted by Crippen LogP contribution is -2.50. The van der Waals surface area contributed by atoms with Gasteiger partial charge >= 0.3 is 5.97 Å². The fraction of sp³-hybridized carbons (Fsp3) is 0.704. The summed E-state index contributed by atoms with van der Waals surface area (Å²) < 4.78 is 23.0. The van der Waals surface area contributed by atoms with Gasteiger partial charge in [0.05, 0.1) is 42.7 Å². The topological polar surface area (TPSA) is 112 Å². The lowest BCUT2D eigenvalue weighted by Gasteiger charge is -2.39. The van der Waals surface area contributed by atoms with Crippen molar-refractivity contribution in [3.8, 4) is 0 Å². The van der Waals surface area contributed by atoms with Crippen LogP contribution < -0.4 is 11.1 Å². The Hall–Kier alpha value is -2.00. The summed E-state index contributed by atoms with van der Waals surface area (Å²) in [7, 11) is 0. The molecule has 0 bridgehead atoms. The number of amides is 1. The molecule has 3 heterocycles. The summed E-state index contributed by atoms with van der Waals surface area (Å²) in [6.45, 7) is 10.6. The fourth-order valence-corrected chi connectivity index (χ4v) is 4.90. The summed E-state index contributed by atoms with van der Waals surface area (Å²) in [5.74, 6) is -0.288. The van der Waals surface area contributed by atoms with E-state index in [9.17, 15) is 9.59 Å². The van der Waals surface area contributed by atoms with E-state index in [0.717, 1.165) is 32.3 Å². The fourth-order valence-electron chi connectivity index (χ4n) is 4.90. The SMILES string of the molecule is CC(=O)O[C@@H](C)C=CC(=O)N[C@@H]1C[C@H](C)[C@H](CC=C(C)C=C[C@@H]2C[C@@]3(CO3)C[C@@H](CN)O2)O[C@@H]1C. The zero-order valence-corrected chi connectivity index (χ0v) is 21.7. The Kier molecular flexibility index (Phi) is 9.69. The molecule has 3 N–H and O–H groups in total. The average Bonchev–Trinajstić information content (AvgIpc) is 3.54. The van der Waals surface area contributed by atoms with Gasteiger partial charge in [-0.3, -0.25) is 9.59 Å². The Morgan fingerprint density at radius 1 is 1.20 bits per heavy atom. The van der Waals surface area contributed by atoms with Crippen molar-refractivity contribution in [2.75, 3.05) is 13.2 Å². The summed E-state index contributed by atoms with van der Waals surface area (Å²) in [4.78, 5) is 23.3. The third-order valence-corrected chi connectivity index (χ3v) is 7.02. The van der Waals surface area contributed by atoms with Crippen LogP contribution in [0.1, 0.15) is 60.3 Å². The van der Waals surface area contributed by atoms with Crippen LogP contribution in [0.5, 0.6) is 0 Å². The first-order chi connectivity index (χ1) is 16.6. The minimum atomic E-state index is -0.444. The maximum Gasteiger partial charge on any atom is 0.303 e. The highest BCUT2D eigenvalue weighted by Gasteiger charge is 2.50. The standard InChI is InChI=1S/C27H42N2O6/c1-17(6-9-22-13-27(16-32-27)14-23(15-28)35-22)7-10-25-18(2)12-24(20(4)34-25)29-26(31)11-8-19(3)33-21(5)30/h6-9,11,18-20,22-25H,10,12-16,28H2,1-5H3,(H,29,31)/t18-,19-,20+,22+,23-,24+,25-,27-/m0/s1. The number of hydrogen-bond donors (Lipinski definition) is 2. The second kappa shape index (κ2) is 12.3. The van der Waals surface area contributed by atoms with Gasteiger partial charge in [-0.25, -0.2) is 0 Å². The number of nitrogens with two attached hydrogens (primary N) is 1. The number of ether oxygens (including phenoxy) is 4. The Morgan fingerprint density at radius 3 is 2.60 bits per heavy atom. The van der Waals surface area contributed by atoms with Crippen molar-refractivity contribution in [1.29, 1.82) is 0 Å². The van der Waals surface area contributed by atoms with E-state index >= 15 is 0 Å². The molecule has 0 aromatic rings. The molecule has 35 heavy (non-hydrogen) atoms. The molecule has 8 heteroatoms. The molecule has 0 radical (unpaired) electrons. The number of esters is 1. The monoisotopic (exact) mass is 490 g/mol. The molecule has 3 aliphatic heterocycles. The third kappa shape index (κ3) is 8.56. The molecule has 8 atom stereocenters. The van der Waals surface area contributed by atoms with E-state index < -0.39 is 6.10 Å². The molecular formula is C27H42N2O6. The lowest BCUT2D eigenvalue weighted by atomic mass is 9.88. The van der Waals surface area contributed by atoms with Gasteiger partial charge in [-0.15, -0.1) is 0 Å². The van der Waals surface area contributed by atoms with E-state index in [0.29, 0.717) is 12.5 Å². The Balaban J connectivity index is 1.45. The number of allylic oxidation sites excluding steroid dienone is 2. The molecule has 3 saturated heterocycles. The molecular weight excluding hydrogens is 448 g/mol. The quantitative estimate of drug-likeness (QED) is 0.221. The van der Waals surface area contributed by atoms with E-state index in [2.05, 4.69) is 37.4 Å². The number of hydrogen-bond acceptors (Lipinski definition) is 7. The molecule has 0 aliphatic carbocycles. The maximum absolute atomic E-state index is 12.3. The molecule has 3 aliphatic rings. The van der Waals surface area contributed by atoms with Crippen LogP contribution in [0, 0.1) is 5.92 Å². The smallest absolute Gasteiger partial charge is 0.303 e.